The van der Waals surface area contributed by atoms with E-state index in [-0.39, 0.29) is 5.84 Å². The lowest BCUT2D eigenvalue weighted by molar-refractivity contribution is 0.318. The minimum absolute atomic E-state index is 0.0956. The third kappa shape index (κ3) is 3.95. The van der Waals surface area contributed by atoms with Gasteiger partial charge in [0.25, 0.3) is 0 Å². The summed E-state index contributed by atoms with van der Waals surface area (Å²) in [4.78, 5) is 6.56. The molecule has 2 aromatic rings. The van der Waals surface area contributed by atoms with Crippen LogP contribution < -0.4 is 10.6 Å². The van der Waals surface area contributed by atoms with Crippen molar-refractivity contribution in [3.63, 3.8) is 0 Å². The normalized spacial score (nSPS) is 11.4. The Morgan fingerprint density at radius 2 is 2.00 bits per heavy atom. The molecular weight excluding hydrogens is 264 g/mol. The number of anilines is 1. The Morgan fingerprint density at radius 3 is 2.67 bits per heavy atom. The van der Waals surface area contributed by atoms with Gasteiger partial charge in [-0.25, -0.2) is 4.98 Å². The predicted molar refractivity (Wildman–Crippen MR) is 84.9 cm³/mol. The number of aryl methyl sites for hydroxylation is 1. The smallest absolute Gasteiger partial charge is 0.170 e. The minimum atomic E-state index is 0.0956. The Balaban J connectivity index is 2.12. The molecule has 0 unspecified atom stereocenters. The van der Waals surface area contributed by atoms with Crippen LogP contribution in [0.5, 0.6) is 0 Å². The summed E-state index contributed by atoms with van der Waals surface area (Å²) in [6.07, 6.45) is 0.936. The van der Waals surface area contributed by atoms with Crippen molar-refractivity contribution in [3.05, 3.63) is 59.3 Å². The first-order valence-electron chi connectivity index (χ1n) is 6.82. The fourth-order valence-corrected chi connectivity index (χ4v) is 2.11. The molecule has 0 radical (unpaired) electrons. The van der Waals surface area contributed by atoms with Gasteiger partial charge in [0, 0.05) is 24.8 Å². The number of rotatable bonds is 5. The first-order valence-corrected chi connectivity index (χ1v) is 6.82. The molecule has 0 amide bonds. The van der Waals surface area contributed by atoms with E-state index in [2.05, 4.69) is 27.2 Å². The second-order valence-electron chi connectivity index (χ2n) is 5.00. The van der Waals surface area contributed by atoms with Gasteiger partial charge in [0.1, 0.15) is 5.82 Å². The molecule has 0 spiro atoms. The average molecular weight is 284 g/mol. The summed E-state index contributed by atoms with van der Waals surface area (Å²) in [7, 11) is 1.99. The van der Waals surface area contributed by atoms with Crippen LogP contribution in [0.2, 0.25) is 0 Å². The van der Waals surface area contributed by atoms with Gasteiger partial charge in [-0.05, 0) is 31.0 Å². The third-order valence-corrected chi connectivity index (χ3v) is 3.31. The summed E-state index contributed by atoms with van der Waals surface area (Å²) in [5.74, 6) is 0.908. The van der Waals surface area contributed by atoms with Gasteiger partial charge in [-0.2, -0.15) is 0 Å². The Kier molecular flexibility index (Phi) is 4.77. The SMILES string of the molecule is Cc1cc(/C(N)=N/O)cc(N(C)CCc2ccccc2)n1. The van der Waals surface area contributed by atoms with E-state index in [9.17, 15) is 0 Å². The van der Waals surface area contributed by atoms with E-state index in [0.29, 0.717) is 5.56 Å². The molecule has 0 aliphatic heterocycles. The molecular formula is C16H20N4O. The van der Waals surface area contributed by atoms with Crippen molar-refractivity contribution >= 4 is 11.7 Å². The van der Waals surface area contributed by atoms with Crippen molar-refractivity contribution in [2.24, 2.45) is 10.9 Å². The number of likely N-dealkylation sites (N-methyl/N-ethyl adjacent to an activating group) is 1. The molecule has 0 saturated heterocycles. The van der Waals surface area contributed by atoms with E-state index in [0.717, 1.165) is 24.5 Å². The number of amidine groups is 1. The number of hydrogen-bond acceptors (Lipinski definition) is 4. The van der Waals surface area contributed by atoms with Crippen molar-refractivity contribution in [3.8, 4) is 0 Å². The molecule has 2 rings (SSSR count). The highest BCUT2D eigenvalue weighted by Gasteiger charge is 2.08. The van der Waals surface area contributed by atoms with Gasteiger partial charge < -0.3 is 15.8 Å². The third-order valence-electron chi connectivity index (χ3n) is 3.31. The van der Waals surface area contributed by atoms with Crippen LogP contribution in [0.3, 0.4) is 0 Å². The van der Waals surface area contributed by atoms with Gasteiger partial charge in [-0.1, -0.05) is 35.5 Å². The van der Waals surface area contributed by atoms with E-state index in [1.807, 2.05) is 38.2 Å². The van der Waals surface area contributed by atoms with Crippen LogP contribution in [-0.2, 0) is 6.42 Å². The summed E-state index contributed by atoms with van der Waals surface area (Å²) >= 11 is 0. The number of hydrogen-bond donors (Lipinski definition) is 2. The predicted octanol–water partition coefficient (Wildman–Crippen LogP) is 2.16. The van der Waals surface area contributed by atoms with E-state index in [4.69, 9.17) is 10.9 Å². The molecule has 0 bridgehead atoms. The van der Waals surface area contributed by atoms with Crippen molar-refractivity contribution in [1.29, 1.82) is 0 Å². The molecule has 5 nitrogen and oxygen atoms in total. The fourth-order valence-electron chi connectivity index (χ4n) is 2.11. The van der Waals surface area contributed by atoms with Gasteiger partial charge in [-0.3, -0.25) is 0 Å². The maximum Gasteiger partial charge on any atom is 0.170 e. The molecule has 110 valence electrons. The summed E-state index contributed by atoms with van der Waals surface area (Å²) < 4.78 is 0. The van der Waals surface area contributed by atoms with Crippen molar-refractivity contribution in [2.45, 2.75) is 13.3 Å². The Bertz CT molecular complexity index is 625. The second-order valence-corrected chi connectivity index (χ2v) is 5.00. The van der Waals surface area contributed by atoms with Gasteiger partial charge in [0.15, 0.2) is 5.84 Å². The highest BCUT2D eigenvalue weighted by Crippen LogP contribution is 2.14. The lowest BCUT2D eigenvalue weighted by Crippen LogP contribution is -2.23. The van der Waals surface area contributed by atoms with Gasteiger partial charge in [0.2, 0.25) is 0 Å². The molecule has 1 heterocycles. The molecule has 1 aromatic heterocycles. The number of oxime groups is 1. The molecule has 0 saturated carbocycles. The standard InChI is InChI=1S/C16H20N4O/c1-12-10-14(16(17)19-21)11-15(18-12)20(2)9-8-13-6-4-3-5-7-13/h3-7,10-11,21H,8-9H2,1-2H3,(H2,17,19). The highest BCUT2D eigenvalue weighted by atomic mass is 16.4. The van der Waals surface area contributed by atoms with E-state index < -0.39 is 0 Å². The summed E-state index contributed by atoms with van der Waals surface area (Å²) in [5, 5.41) is 11.8. The number of nitrogens with zero attached hydrogens (tertiary/aromatic N) is 3. The first-order chi connectivity index (χ1) is 10.1. The fraction of sp³-hybridized carbons (Fsp3) is 0.250. The van der Waals surface area contributed by atoms with Crippen LogP contribution >= 0.6 is 0 Å². The zero-order chi connectivity index (χ0) is 15.2. The van der Waals surface area contributed by atoms with E-state index in [1.165, 1.54) is 5.56 Å². The largest absolute Gasteiger partial charge is 0.409 e. The average Bonchev–Trinajstić information content (AvgIpc) is 2.52. The van der Waals surface area contributed by atoms with E-state index >= 15 is 0 Å². The van der Waals surface area contributed by atoms with Crippen LogP contribution in [-0.4, -0.2) is 29.6 Å². The Labute approximate surface area is 124 Å². The lowest BCUT2D eigenvalue weighted by Gasteiger charge is -2.19. The van der Waals surface area contributed by atoms with Crippen LogP contribution in [0, 0.1) is 6.92 Å². The van der Waals surface area contributed by atoms with Gasteiger partial charge >= 0.3 is 0 Å². The zero-order valence-corrected chi connectivity index (χ0v) is 12.3. The number of nitrogens with two attached hydrogens (primary N) is 1. The highest BCUT2D eigenvalue weighted by molar-refractivity contribution is 5.97. The molecule has 1 aromatic carbocycles. The first kappa shape index (κ1) is 14.8. The Morgan fingerprint density at radius 1 is 1.29 bits per heavy atom. The van der Waals surface area contributed by atoms with Crippen LogP contribution in [0.25, 0.3) is 0 Å². The number of aromatic nitrogens is 1. The molecule has 0 aliphatic rings. The van der Waals surface area contributed by atoms with Crippen molar-refractivity contribution in [2.75, 3.05) is 18.5 Å². The summed E-state index contributed by atoms with van der Waals surface area (Å²) in [6, 6.07) is 13.9. The monoisotopic (exact) mass is 284 g/mol. The molecule has 0 fully saturated rings. The molecule has 0 aliphatic carbocycles. The molecule has 3 N–H and O–H groups in total. The molecule has 0 atom stereocenters. The maximum atomic E-state index is 8.79. The number of pyridine rings is 1. The zero-order valence-electron chi connectivity index (χ0n) is 12.3. The van der Waals surface area contributed by atoms with Crippen molar-refractivity contribution < 1.29 is 5.21 Å². The van der Waals surface area contributed by atoms with Gasteiger partial charge in [-0.15, -0.1) is 0 Å². The summed E-state index contributed by atoms with van der Waals surface area (Å²) in [5.41, 5.74) is 8.44. The quantitative estimate of drug-likeness (QED) is 0.382. The molecule has 5 heteroatoms. The summed E-state index contributed by atoms with van der Waals surface area (Å²) in [6.45, 7) is 2.73. The second kappa shape index (κ2) is 6.74. The van der Waals surface area contributed by atoms with Crippen molar-refractivity contribution in [1.82, 2.24) is 4.98 Å². The van der Waals surface area contributed by atoms with E-state index in [1.54, 1.807) is 6.07 Å². The van der Waals surface area contributed by atoms with Crippen LogP contribution in [0.4, 0.5) is 5.82 Å². The lowest BCUT2D eigenvalue weighted by atomic mass is 10.1. The van der Waals surface area contributed by atoms with Gasteiger partial charge in [0.05, 0.1) is 0 Å². The minimum Gasteiger partial charge on any atom is -0.409 e. The van der Waals surface area contributed by atoms with Crippen LogP contribution in [0.15, 0.2) is 47.6 Å². The Hall–Kier alpha value is -2.56. The topological polar surface area (TPSA) is 74.7 Å². The molecule has 21 heavy (non-hydrogen) atoms. The number of benzene rings is 1. The maximum absolute atomic E-state index is 8.79. The van der Waals surface area contributed by atoms with Crippen LogP contribution in [0.1, 0.15) is 16.8 Å².